The lowest BCUT2D eigenvalue weighted by Crippen LogP contribution is -2.32. The van der Waals surface area contributed by atoms with Crippen LogP contribution < -0.4 is 4.72 Å². The highest BCUT2D eigenvalue weighted by Crippen LogP contribution is 2.25. The SMILES string of the molecule is O=C(OCc1csc(-c2ccccc2)n1)c1ccc(Cl)c(S(=O)(=O)NCC2CCCO2)c1. The number of aromatic nitrogens is 1. The van der Waals surface area contributed by atoms with Gasteiger partial charge in [0.05, 0.1) is 22.4 Å². The second-order valence-corrected chi connectivity index (χ2v) is 10.2. The maximum absolute atomic E-state index is 12.7. The second-order valence-electron chi connectivity index (χ2n) is 7.22. The lowest BCUT2D eigenvalue weighted by Gasteiger charge is -2.13. The number of sulfonamides is 1. The third-order valence-corrected chi connectivity index (χ3v) is 7.75. The normalized spacial score (nSPS) is 16.2. The van der Waals surface area contributed by atoms with Crippen molar-refractivity contribution in [1.29, 1.82) is 0 Å². The summed E-state index contributed by atoms with van der Waals surface area (Å²) in [5.41, 5.74) is 1.69. The Morgan fingerprint density at radius 3 is 2.81 bits per heavy atom. The number of rotatable bonds is 8. The summed E-state index contributed by atoms with van der Waals surface area (Å²) in [4.78, 5) is 16.8. The number of nitrogens with one attached hydrogen (secondary N) is 1. The fraction of sp³-hybridized carbons (Fsp3) is 0.273. The predicted molar refractivity (Wildman–Crippen MR) is 122 cm³/mol. The van der Waals surface area contributed by atoms with E-state index in [-0.39, 0.29) is 34.7 Å². The molecule has 1 aliphatic heterocycles. The predicted octanol–water partition coefficient (Wildman–Crippen LogP) is 4.28. The van der Waals surface area contributed by atoms with Crippen LogP contribution in [-0.4, -0.2) is 38.6 Å². The number of benzene rings is 2. The molecule has 3 aromatic rings. The number of ether oxygens (including phenoxy) is 2. The van der Waals surface area contributed by atoms with Gasteiger partial charge in [-0.3, -0.25) is 0 Å². The highest BCUT2D eigenvalue weighted by atomic mass is 35.5. The molecule has 0 aliphatic carbocycles. The molecule has 7 nitrogen and oxygen atoms in total. The molecular weight excluding hydrogens is 472 g/mol. The van der Waals surface area contributed by atoms with Gasteiger partial charge in [-0.15, -0.1) is 11.3 Å². The summed E-state index contributed by atoms with van der Waals surface area (Å²) in [5, 5.41) is 2.67. The monoisotopic (exact) mass is 492 g/mol. The fourth-order valence-corrected chi connectivity index (χ4v) is 5.63. The van der Waals surface area contributed by atoms with Crippen molar-refractivity contribution in [3.63, 3.8) is 0 Å². The first-order chi connectivity index (χ1) is 15.4. The molecule has 1 atom stereocenters. The average molecular weight is 493 g/mol. The van der Waals surface area contributed by atoms with Gasteiger partial charge in [0.15, 0.2) is 0 Å². The number of esters is 1. The molecule has 0 bridgehead atoms. The molecule has 0 radical (unpaired) electrons. The van der Waals surface area contributed by atoms with Crippen molar-refractivity contribution in [3.05, 3.63) is 70.2 Å². The molecule has 2 aromatic carbocycles. The lowest BCUT2D eigenvalue weighted by atomic mass is 10.2. The molecule has 0 spiro atoms. The fourth-order valence-electron chi connectivity index (χ4n) is 3.23. The first kappa shape index (κ1) is 22.9. The maximum Gasteiger partial charge on any atom is 0.338 e. The number of halogens is 1. The van der Waals surface area contributed by atoms with Crippen LogP contribution in [0.2, 0.25) is 5.02 Å². The van der Waals surface area contributed by atoms with E-state index in [1.54, 1.807) is 0 Å². The van der Waals surface area contributed by atoms with Crippen LogP contribution >= 0.6 is 22.9 Å². The molecule has 0 saturated carbocycles. The quantitative estimate of drug-likeness (QED) is 0.472. The molecule has 10 heteroatoms. The number of hydrogen-bond acceptors (Lipinski definition) is 7. The molecule has 0 amide bonds. The van der Waals surface area contributed by atoms with Crippen molar-refractivity contribution >= 4 is 38.9 Å². The highest BCUT2D eigenvalue weighted by molar-refractivity contribution is 7.89. The Labute approximate surface area is 195 Å². The molecule has 2 heterocycles. The maximum atomic E-state index is 12.7. The Morgan fingerprint density at radius 2 is 2.06 bits per heavy atom. The van der Waals surface area contributed by atoms with E-state index in [1.807, 2.05) is 35.7 Å². The molecule has 1 saturated heterocycles. The van der Waals surface area contributed by atoms with Crippen molar-refractivity contribution in [2.45, 2.75) is 30.4 Å². The van der Waals surface area contributed by atoms with E-state index in [4.69, 9.17) is 21.1 Å². The first-order valence-corrected chi connectivity index (χ1v) is 12.7. The summed E-state index contributed by atoms with van der Waals surface area (Å²) in [6.45, 7) is 0.755. The van der Waals surface area contributed by atoms with Gasteiger partial charge in [0.1, 0.15) is 16.5 Å². The summed E-state index contributed by atoms with van der Waals surface area (Å²) in [5.74, 6) is -0.661. The van der Waals surface area contributed by atoms with Gasteiger partial charge in [-0.2, -0.15) is 0 Å². The Hall–Kier alpha value is -2.30. The smallest absolute Gasteiger partial charge is 0.338 e. The van der Waals surface area contributed by atoms with E-state index in [0.717, 1.165) is 23.4 Å². The molecule has 1 N–H and O–H groups in total. The van der Waals surface area contributed by atoms with Crippen molar-refractivity contribution in [2.75, 3.05) is 13.2 Å². The van der Waals surface area contributed by atoms with Gasteiger partial charge in [0.2, 0.25) is 10.0 Å². The number of nitrogens with zero attached hydrogens (tertiary/aromatic N) is 1. The molecule has 1 aliphatic rings. The summed E-state index contributed by atoms with van der Waals surface area (Å²) in [7, 11) is -3.91. The van der Waals surface area contributed by atoms with Crippen LogP contribution in [0.1, 0.15) is 28.9 Å². The van der Waals surface area contributed by atoms with Crippen LogP contribution in [0.25, 0.3) is 10.6 Å². The molecular formula is C22H21ClN2O5S2. The van der Waals surface area contributed by atoms with E-state index in [9.17, 15) is 13.2 Å². The minimum Gasteiger partial charge on any atom is -0.456 e. The summed E-state index contributed by atoms with van der Waals surface area (Å²) >= 11 is 7.56. The molecule has 32 heavy (non-hydrogen) atoms. The van der Waals surface area contributed by atoms with Gasteiger partial charge in [-0.25, -0.2) is 22.9 Å². The van der Waals surface area contributed by atoms with Gasteiger partial charge < -0.3 is 9.47 Å². The van der Waals surface area contributed by atoms with Gasteiger partial charge in [0, 0.05) is 24.1 Å². The summed E-state index contributed by atoms with van der Waals surface area (Å²) < 4.78 is 38.7. The number of carbonyl (C=O) groups excluding carboxylic acids is 1. The number of carbonyl (C=O) groups is 1. The average Bonchev–Trinajstić information content (AvgIpc) is 3.49. The van der Waals surface area contributed by atoms with E-state index < -0.39 is 16.0 Å². The Morgan fingerprint density at radius 1 is 1.25 bits per heavy atom. The van der Waals surface area contributed by atoms with E-state index >= 15 is 0 Å². The standard InChI is InChI=1S/C22H21ClN2O5S2/c23-19-9-8-16(11-20(19)32(27,28)24-12-18-7-4-10-29-18)22(26)30-13-17-14-31-21(25-17)15-5-2-1-3-6-15/h1-3,5-6,8-9,11,14,18,24H,4,7,10,12-13H2. The third-order valence-electron chi connectivity index (χ3n) is 4.91. The van der Waals surface area contributed by atoms with Gasteiger partial charge in [-0.05, 0) is 31.0 Å². The largest absolute Gasteiger partial charge is 0.456 e. The van der Waals surface area contributed by atoms with Crippen molar-refractivity contribution in [1.82, 2.24) is 9.71 Å². The minimum absolute atomic E-state index is 0.0217. The molecule has 168 valence electrons. The Balaban J connectivity index is 1.41. The minimum atomic E-state index is -3.91. The lowest BCUT2D eigenvalue weighted by molar-refractivity contribution is 0.0468. The van der Waals surface area contributed by atoms with Crippen LogP contribution in [-0.2, 0) is 26.1 Å². The van der Waals surface area contributed by atoms with E-state index in [0.29, 0.717) is 12.3 Å². The van der Waals surface area contributed by atoms with Crippen LogP contribution in [0.15, 0.2) is 58.8 Å². The molecule has 1 fully saturated rings. The van der Waals surface area contributed by atoms with E-state index in [1.165, 1.54) is 29.5 Å². The van der Waals surface area contributed by atoms with Crippen molar-refractivity contribution in [3.8, 4) is 10.6 Å². The van der Waals surface area contributed by atoms with Crippen LogP contribution in [0.4, 0.5) is 0 Å². The topological polar surface area (TPSA) is 94.6 Å². The van der Waals surface area contributed by atoms with Crippen LogP contribution in [0.3, 0.4) is 0 Å². The van der Waals surface area contributed by atoms with Gasteiger partial charge in [-0.1, -0.05) is 41.9 Å². The molecule has 1 unspecified atom stereocenters. The Kier molecular flexibility index (Phi) is 7.22. The molecule has 1 aromatic heterocycles. The van der Waals surface area contributed by atoms with Crippen LogP contribution in [0.5, 0.6) is 0 Å². The number of thiazole rings is 1. The van der Waals surface area contributed by atoms with E-state index in [2.05, 4.69) is 9.71 Å². The van der Waals surface area contributed by atoms with Crippen molar-refractivity contribution < 1.29 is 22.7 Å². The van der Waals surface area contributed by atoms with Gasteiger partial charge >= 0.3 is 5.97 Å². The summed E-state index contributed by atoms with van der Waals surface area (Å²) in [6.07, 6.45) is 1.54. The molecule has 4 rings (SSSR count). The van der Waals surface area contributed by atoms with Crippen molar-refractivity contribution in [2.24, 2.45) is 0 Å². The zero-order valence-electron chi connectivity index (χ0n) is 17.0. The Bertz CT molecular complexity index is 1190. The summed E-state index contributed by atoms with van der Waals surface area (Å²) in [6, 6.07) is 13.7. The first-order valence-electron chi connectivity index (χ1n) is 10.00. The zero-order valence-corrected chi connectivity index (χ0v) is 19.4. The third kappa shape index (κ3) is 5.54. The zero-order chi connectivity index (χ0) is 22.6. The second kappa shape index (κ2) is 10.1. The van der Waals surface area contributed by atoms with Crippen LogP contribution in [0, 0.1) is 0 Å². The van der Waals surface area contributed by atoms with Gasteiger partial charge in [0.25, 0.3) is 0 Å². The highest BCUT2D eigenvalue weighted by Gasteiger charge is 2.24. The number of hydrogen-bond donors (Lipinski definition) is 1.